The summed E-state index contributed by atoms with van der Waals surface area (Å²) in [6, 6.07) is 11.2. The van der Waals surface area contributed by atoms with Gasteiger partial charge in [0.25, 0.3) is 5.91 Å². The van der Waals surface area contributed by atoms with Crippen LogP contribution >= 0.6 is 0 Å². The van der Waals surface area contributed by atoms with E-state index in [9.17, 15) is 4.79 Å². The summed E-state index contributed by atoms with van der Waals surface area (Å²) in [5.74, 6) is -0.572. The van der Waals surface area contributed by atoms with Crippen molar-refractivity contribution in [2.75, 3.05) is 0 Å². The molecule has 0 N–H and O–H groups in total. The fraction of sp³-hybridized carbons (Fsp3) is 0. The lowest BCUT2D eigenvalue weighted by Gasteiger charge is -2.00. The third kappa shape index (κ3) is 1.94. The highest BCUT2D eigenvalue weighted by molar-refractivity contribution is 5.94. The van der Waals surface area contributed by atoms with E-state index in [1.807, 2.05) is 30.3 Å². The topological polar surface area (TPSA) is 70.8 Å². The molecule has 0 bridgehead atoms. The SMILES string of the molecule is [N-]=[N+]=NC(=O)c1ccn(-c2ccccc2)c1. The second-order valence-corrected chi connectivity index (χ2v) is 3.14. The standard InChI is InChI=1S/C11H8N4O/c12-14-13-11(16)9-6-7-15(8-9)10-4-2-1-3-5-10/h1-8H. The maximum atomic E-state index is 11.3. The Bertz CT molecular complexity index is 552. The third-order valence-corrected chi connectivity index (χ3v) is 2.13. The van der Waals surface area contributed by atoms with E-state index in [1.54, 1.807) is 23.0 Å². The van der Waals surface area contributed by atoms with E-state index in [2.05, 4.69) is 10.0 Å². The van der Waals surface area contributed by atoms with Crippen LogP contribution in [0.25, 0.3) is 16.1 Å². The van der Waals surface area contributed by atoms with E-state index in [0.29, 0.717) is 5.56 Å². The molecule has 0 saturated carbocycles. The van der Waals surface area contributed by atoms with Gasteiger partial charge in [-0.05, 0) is 28.8 Å². The summed E-state index contributed by atoms with van der Waals surface area (Å²) >= 11 is 0. The smallest absolute Gasteiger partial charge is 0.250 e. The molecule has 0 radical (unpaired) electrons. The molecule has 0 aliphatic carbocycles. The van der Waals surface area contributed by atoms with E-state index >= 15 is 0 Å². The van der Waals surface area contributed by atoms with Gasteiger partial charge in [-0.2, -0.15) is 0 Å². The molecule has 1 amide bonds. The molecule has 1 aromatic carbocycles. The maximum Gasteiger partial charge on any atom is 0.250 e. The van der Waals surface area contributed by atoms with Crippen LogP contribution in [-0.2, 0) is 0 Å². The number of carbonyl (C=O) groups excluding carboxylic acids is 1. The number of carbonyl (C=O) groups is 1. The number of amides is 1. The molecule has 0 spiro atoms. The molecule has 78 valence electrons. The van der Waals surface area contributed by atoms with Crippen molar-refractivity contribution >= 4 is 5.91 Å². The van der Waals surface area contributed by atoms with E-state index in [1.165, 1.54) is 0 Å². The maximum absolute atomic E-state index is 11.3. The molecular formula is C11H8N4O. The summed E-state index contributed by atoms with van der Waals surface area (Å²) in [7, 11) is 0. The first-order valence-electron chi connectivity index (χ1n) is 4.64. The first kappa shape index (κ1) is 10.0. The molecule has 0 aliphatic rings. The molecule has 0 aliphatic heterocycles. The zero-order chi connectivity index (χ0) is 11.4. The van der Waals surface area contributed by atoms with E-state index in [0.717, 1.165) is 5.69 Å². The van der Waals surface area contributed by atoms with Gasteiger partial charge in [-0.1, -0.05) is 18.2 Å². The van der Waals surface area contributed by atoms with Gasteiger partial charge in [0, 0.05) is 28.6 Å². The van der Waals surface area contributed by atoms with E-state index < -0.39 is 5.91 Å². The van der Waals surface area contributed by atoms with Crippen LogP contribution in [0.2, 0.25) is 0 Å². The summed E-state index contributed by atoms with van der Waals surface area (Å²) in [6.07, 6.45) is 3.38. The molecular weight excluding hydrogens is 204 g/mol. The minimum absolute atomic E-state index is 0.377. The molecule has 0 saturated heterocycles. The average molecular weight is 212 g/mol. The highest BCUT2D eigenvalue weighted by atomic mass is 16.1. The van der Waals surface area contributed by atoms with Crippen molar-refractivity contribution in [3.63, 3.8) is 0 Å². The molecule has 5 nitrogen and oxygen atoms in total. The zero-order valence-corrected chi connectivity index (χ0v) is 8.32. The lowest BCUT2D eigenvalue weighted by atomic mass is 10.3. The summed E-state index contributed by atoms with van der Waals surface area (Å²) < 4.78 is 1.79. The van der Waals surface area contributed by atoms with Gasteiger partial charge >= 0.3 is 0 Å². The van der Waals surface area contributed by atoms with Crippen LogP contribution in [0.15, 0.2) is 53.9 Å². The molecule has 2 aromatic rings. The Hall–Kier alpha value is -2.52. The summed E-state index contributed by atoms with van der Waals surface area (Å²) in [4.78, 5) is 13.7. The van der Waals surface area contributed by atoms with Crippen molar-refractivity contribution < 1.29 is 4.79 Å². The van der Waals surface area contributed by atoms with Crippen molar-refractivity contribution in [3.05, 3.63) is 64.8 Å². The fourth-order valence-corrected chi connectivity index (χ4v) is 1.38. The second kappa shape index (κ2) is 4.33. The van der Waals surface area contributed by atoms with Crippen LogP contribution in [0.3, 0.4) is 0 Å². The van der Waals surface area contributed by atoms with Crippen LogP contribution < -0.4 is 0 Å². The van der Waals surface area contributed by atoms with Crippen molar-refractivity contribution in [2.45, 2.75) is 0 Å². The molecule has 0 fully saturated rings. The van der Waals surface area contributed by atoms with Crippen LogP contribution in [0.4, 0.5) is 0 Å². The molecule has 2 rings (SSSR count). The average Bonchev–Trinajstić information content (AvgIpc) is 2.80. The predicted octanol–water partition coefficient (Wildman–Crippen LogP) is 2.93. The largest absolute Gasteiger partial charge is 0.323 e. The van der Waals surface area contributed by atoms with Crippen LogP contribution in [0, 0.1) is 0 Å². The predicted molar refractivity (Wildman–Crippen MR) is 59.2 cm³/mol. The Kier molecular flexibility index (Phi) is 2.71. The zero-order valence-electron chi connectivity index (χ0n) is 8.32. The van der Waals surface area contributed by atoms with Crippen molar-refractivity contribution in [1.82, 2.24) is 4.57 Å². The van der Waals surface area contributed by atoms with E-state index in [4.69, 9.17) is 5.53 Å². The molecule has 16 heavy (non-hydrogen) atoms. The molecule has 1 aromatic heterocycles. The van der Waals surface area contributed by atoms with Gasteiger partial charge in [0.1, 0.15) is 0 Å². The number of azide groups is 1. The number of aromatic nitrogens is 1. The number of nitrogens with zero attached hydrogens (tertiary/aromatic N) is 4. The Balaban J connectivity index is 2.33. The lowest BCUT2D eigenvalue weighted by Crippen LogP contribution is -1.92. The Morgan fingerprint density at radius 2 is 2.00 bits per heavy atom. The summed E-state index contributed by atoms with van der Waals surface area (Å²) in [5.41, 5.74) is 9.48. The third-order valence-electron chi connectivity index (χ3n) is 2.13. The van der Waals surface area contributed by atoms with Gasteiger partial charge in [0.15, 0.2) is 0 Å². The first-order chi connectivity index (χ1) is 7.81. The Morgan fingerprint density at radius 3 is 2.69 bits per heavy atom. The van der Waals surface area contributed by atoms with Crippen LogP contribution in [-0.4, -0.2) is 10.5 Å². The highest BCUT2D eigenvalue weighted by Crippen LogP contribution is 2.11. The van der Waals surface area contributed by atoms with Crippen molar-refractivity contribution in [3.8, 4) is 5.69 Å². The van der Waals surface area contributed by atoms with Gasteiger partial charge < -0.3 is 4.57 Å². The van der Waals surface area contributed by atoms with Crippen LogP contribution in [0.1, 0.15) is 10.4 Å². The van der Waals surface area contributed by atoms with Crippen molar-refractivity contribution in [1.29, 1.82) is 0 Å². The normalized spacial score (nSPS) is 9.50. The molecule has 5 heteroatoms. The molecule has 1 heterocycles. The summed E-state index contributed by atoms with van der Waals surface area (Å²) in [6.45, 7) is 0. The highest BCUT2D eigenvalue weighted by Gasteiger charge is 2.05. The quantitative estimate of drug-likeness (QED) is 0.428. The molecule has 0 unspecified atom stereocenters. The Morgan fingerprint density at radius 1 is 1.25 bits per heavy atom. The van der Waals surface area contributed by atoms with Gasteiger partial charge in [-0.15, -0.1) is 0 Å². The monoisotopic (exact) mass is 212 g/mol. The number of benzene rings is 1. The minimum Gasteiger partial charge on any atom is -0.323 e. The van der Waals surface area contributed by atoms with Gasteiger partial charge in [0.05, 0.1) is 0 Å². The first-order valence-corrected chi connectivity index (χ1v) is 4.64. The number of rotatable bonds is 2. The summed E-state index contributed by atoms with van der Waals surface area (Å²) in [5, 5.41) is 3.03. The van der Waals surface area contributed by atoms with Crippen molar-refractivity contribution in [2.24, 2.45) is 5.11 Å². The number of hydrogen-bond acceptors (Lipinski definition) is 1. The fourth-order valence-electron chi connectivity index (χ4n) is 1.38. The van der Waals surface area contributed by atoms with Gasteiger partial charge in [-0.3, -0.25) is 4.79 Å². The van der Waals surface area contributed by atoms with Gasteiger partial charge in [0.2, 0.25) is 0 Å². The second-order valence-electron chi connectivity index (χ2n) is 3.14. The lowest BCUT2D eigenvalue weighted by molar-refractivity contribution is 0.100. The number of para-hydroxylation sites is 1. The minimum atomic E-state index is -0.572. The Labute approximate surface area is 91.6 Å². The molecule has 0 atom stereocenters. The number of hydrogen-bond donors (Lipinski definition) is 0. The van der Waals surface area contributed by atoms with Gasteiger partial charge in [-0.25, -0.2) is 0 Å². The van der Waals surface area contributed by atoms with E-state index in [-0.39, 0.29) is 0 Å². The van der Waals surface area contributed by atoms with Crippen LogP contribution in [0.5, 0.6) is 0 Å².